The third-order valence-electron chi connectivity index (χ3n) is 6.01. The Balaban J connectivity index is 5.91. The van der Waals surface area contributed by atoms with Gasteiger partial charge in [-0.25, -0.2) is 0 Å². The predicted octanol–water partition coefficient (Wildman–Crippen LogP) is -2.77. The van der Waals surface area contributed by atoms with Crippen molar-refractivity contribution in [3.05, 3.63) is 0 Å². The van der Waals surface area contributed by atoms with Gasteiger partial charge in [0.05, 0.1) is 0 Å². The normalized spacial score (nSPS) is 14.6. The topological polar surface area (TPSA) is 263 Å². The molecule has 0 aliphatic heterocycles. The van der Waals surface area contributed by atoms with Gasteiger partial charge < -0.3 is 38.5 Å². The highest BCUT2D eigenvalue weighted by Gasteiger charge is 2.33. The molecule has 39 heavy (non-hydrogen) atoms. The van der Waals surface area contributed by atoms with Crippen molar-refractivity contribution >= 4 is 47.1 Å². The smallest absolute Gasteiger partial charge is 0.284 e. The number of nitrogens with two attached hydrogens (primary N) is 3. The van der Waals surface area contributed by atoms with Crippen LogP contribution in [0, 0.1) is 11.8 Å². The van der Waals surface area contributed by atoms with Crippen LogP contribution < -0.4 is 38.5 Å². The van der Waals surface area contributed by atoms with Crippen LogP contribution in [0.3, 0.4) is 0 Å². The van der Waals surface area contributed by atoms with E-state index in [4.69, 9.17) is 17.2 Å². The average Bonchev–Trinajstić information content (AvgIpc) is 2.83. The Bertz CT molecular complexity index is 953. The minimum absolute atomic E-state index is 0.245. The highest BCUT2D eigenvalue weighted by Crippen LogP contribution is 2.11. The van der Waals surface area contributed by atoms with Gasteiger partial charge in [-0.2, -0.15) is 0 Å². The third-order valence-corrected chi connectivity index (χ3v) is 6.01. The van der Waals surface area contributed by atoms with E-state index in [0.717, 1.165) is 6.92 Å². The molecule has 0 bridgehead atoms. The Hall–Kier alpha value is -4.04. The van der Waals surface area contributed by atoms with Crippen LogP contribution in [0.2, 0.25) is 0 Å². The van der Waals surface area contributed by atoms with E-state index in [-0.39, 0.29) is 25.2 Å². The van der Waals surface area contributed by atoms with Crippen LogP contribution in [-0.4, -0.2) is 71.3 Å². The van der Waals surface area contributed by atoms with Gasteiger partial charge in [-0.1, -0.05) is 34.1 Å². The fraction of sp³-hybridized carbons (Fsp3) is 0.667. The summed E-state index contributed by atoms with van der Waals surface area (Å²) >= 11 is 0. The van der Waals surface area contributed by atoms with Gasteiger partial charge in [-0.15, -0.1) is 0 Å². The summed E-state index contributed by atoms with van der Waals surface area (Å²) in [6, 6.07) is -4.81. The molecule has 0 saturated carbocycles. The first kappa shape index (κ1) is 35.0. The van der Waals surface area contributed by atoms with E-state index in [1.165, 1.54) is 0 Å². The lowest BCUT2D eigenvalue weighted by Crippen LogP contribution is -2.60. The average molecular weight is 556 g/mol. The van der Waals surface area contributed by atoms with Gasteiger partial charge in [0.25, 0.3) is 5.91 Å². The number of Topliss-reactive ketones (excluding diaryl/α,β-unsaturated/α-hetero) is 1. The lowest BCUT2D eigenvalue weighted by atomic mass is 9.96. The molecule has 15 heteroatoms. The molecule has 7 amide bonds. The standard InChI is InChI=1S/C24H41N7O8/c1-6-12(4)19(24(39)30-18(11(2)3)21(27)36)31-23(38)15(8-10-17(25)34)29-22(37)14(28-13(5)32)7-9-16(33)20(26)35/h11-12,14-15,18-19H,6-10H2,1-5H3,(H2,25,34)(H2,26,35)(H2,27,36)(H,28,32)(H,29,37)(H,30,39)(H,31,38)/t12-,14?,15?,18?,19+/m1/s1. The van der Waals surface area contributed by atoms with Crippen molar-refractivity contribution in [2.75, 3.05) is 0 Å². The molecule has 0 radical (unpaired) electrons. The van der Waals surface area contributed by atoms with Crippen LogP contribution in [0.5, 0.6) is 0 Å². The second kappa shape index (κ2) is 16.7. The molecular formula is C24H41N7O8. The Morgan fingerprint density at radius 3 is 1.59 bits per heavy atom. The maximum Gasteiger partial charge on any atom is 0.284 e. The summed E-state index contributed by atoms with van der Waals surface area (Å²) in [4.78, 5) is 96.6. The van der Waals surface area contributed by atoms with Crippen molar-refractivity contribution in [3.63, 3.8) is 0 Å². The molecule has 0 spiro atoms. The minimum Gasteiger partial charge on any atom is -0.370 e. The lowest BCUT2D eigenvalue weighted by Gasteiger charge is -2.29. The van der Waals surface area contributed by atoms with Crippen molar-refractivity contribution in [3.8, 4) is 0 Å². The Morgan fingerprint density at radius 1 is 0.667 bits per heavy atom. The molecule has 0 aromatic carbocycles. The molecule has 10 N–H and O–H groups in total. The van der Waals surface area contributed by atoms with Gasteiger partial charge in [0.1, 0.15) is 24.2 Å². The molecule has 0 fully saturated rings. The summed E-state index contributed by atoms with van der Waals surface area (Å²) < 4.78 is 0. The maximum atomic E-state index is 13.2. The number of carbonyl (C=O) groups is 8. The third kappa shape index (κ3) is 12.8. The first-order valence-electron chi connectivity index (χ1n) is 12.6. The molecule has 0 aliphatic carbocycles. The van der Waals surface area contributed by atoms with Crippen molar-refractivity contribution in [2.24, 2.45) is 29.0 Å². The van der Waals surface area contributed by atoms with Crippen LogP contribution >= 0.6 is 0 Å². The number of rotatable bonds is 18. The van der Waals surface area contributed by atoms with E-state index in [1.54, 1.807) is 27.7 Å². The number of hydrogen-bond donors (Lipinski definition) is 7. The predicted molar refractivity (Wildman–Crippen MR) is 139 cm³/mol. The molecule has 220 valence electrons. The van der Waals surface area contributed by atoms with Crippen LogP contribution in [-0.2, 0) is 38.4 Å². The van der Waals surface area contributed by atoms with Gasteiger partial charge in [-0.05, 0) is 24.7 Å². The summed E-state index contributed by atoms with van der Waals surface area (Å²) in [5.74, 6) is -7.42. The van der Waals surface area contributed by atoms with Gasteiger partial charge in [0, 0.05) is 19.8 Å². The molecule has 15 nitrogen and oxygen atoms in total. The summed E-state index contributed by atoms with van der Waals surface area (Å²) in [6.45, 7) is 7.97. The molecule has 5 atom stereocenters. The highest BCUT2D eigenvalue weighted by atomic mass is 16.2. The number of hydrogen-bond acceptors (Lipinski definition) is 8. The fourth-order valence-corrected chi connectivity index (χ4v) is 3.51. The molecule has 0 saturated heterocycles. The van der Waals surface area contributed by atoms with Gasteiger partial charge in [0.2, 0.25) is 41.2 Å². The molecule has 0 rings (SSSR count). The van der Waals surface area contributed by atoms with E-state index < -0.39 is 83.6 Å². The fourth-order valence-electron chi connectivity index (χ4n) is 3.51. The molecular weight excluding hydrogens is 514 g/mol. The molecule has 3 unspecified atom stereocenters. The zero-order chi connectivity index (χ0) is 30.4. The number of carbonyl (C=O) groups excluding carboxylic acids is 8. The van der Waals surface area contributed by atoms with Crippen LogP contribution in [0.4, 0.5) is 0 Å². The number of amides is 7. The van der Waals surface area contributed by atoms with Crippen molar-refractivity contribution in [1.82, 2.24) is 21.3 Å². The van der Waals surface area contributed by atoms with Gasteiger partial charge in [0.15, 0.2) is 0 Å². The van der Waals surface area contributed by atoms with E-state index >= 15 is 0 Å². The Morgan fingerprint density at radius 2 is 1.15 bits per heavy atom. The second-order valence-corrected chi connectivity index (χ2v) is 9.65. The van der Waals surface area contributed by atoms with Crippen molar-refractivity contribution < 1.29 is 38.4 Å². The molecule has 0 heterocycles. The first-order valence-corrected chi connectivity index (χ1v) is 12.6. The van der Waals surface area contributed by atoms with Gasteiger partial charge >= 0.3 is 0 Å². The summed E-state index contributed by atoms with van der Waals surface area (Å²) in [5.41, 5.74) is 15.5. The second-order valence-electron chi connectivity index (χ2n) is 9.65. The maximum absolute atomic E-state index is 13.2. The van der Waals surface area contributed by atoms with Crippen LogP contribution in [0.15, 0.2) is 0 Å². The number of primary amides is 3. The van der Waals surface area contributed by atoms with Crippen molar-refractivity contribution in [1.29, 1.82) is 0 Å². The Kier molecular flexibility index (Phi) is 15.0. The van der Waals surface area contributed by atoms with Crippen molar-refractivity contribution in [2.45, 2.75) is 90.9 Å². The van der Waals surface area contributed by atoms with E-state index in [9.17, 15) is 38.4 Å². The zero-order valence-electron chi connectivity index (χ0n) is 23.0. The summed E-state index contributed by atoms with van der Waals surface area (Å²) in [7, 11) is 0. The zero-order valence-corrected chi connectivity index (χ0v) is 23.0. The highest BCUT2D eigenvalue weighted by molar-refractivity contribution is 6.35. The van der Waals surface area contributed by atoms with Crippen LogP contribution in [0.1, 0.15) is 66.7 Å². The van der Waals surface area contributed by atoms with E-state index in [0.29, 0.717) is 6.42 Å². The number of nitrogens with one attached hydrogen (secondary N) is 4. The monoisotopic (exact) mass is 555 g/mol. The quantitative estimate of drug-likeness (QED) is 0.0868. The largest absolute Gasteiger partial charge is 0.370 e. The van der Waals surface area contributed by atoms with Crippen LogP contribution in [0.25, 0.3) is 0 Å². The summed E-state index contributed by atoms with van der Waals surface area (Å²) in [5, 5.41) is 9.82. The van der Waals surface area contributed by atoms with E-state index in [2.05, 4.69) is 21.3 Å². The minimum atomic E-state index is -1.37. The lowest BCUT2D eigenvalue weighted by molar-refractivity contribution is -0.137. The van der Waals surface area contributed by atoms with Gasteiger partial charge in [-0.3, -0.25) is 38.4 Å². The molecule has 0 aliphatic rings. The SMILES string of the molecule is CC[C@@H](C)[C@H](NC(=O)C(CCC(N)=O)NC(=O)C(CCC(=O)C(N)=O)NC(C)=O)C(=O)NC(C(N)=O)C(C)C. The first-order chi connectivity index (χ1) is 18.0. The molecule has 0 aromatic rings. The molecule has 0 aromatic heterocycles. The Labute approximate surface area is 227 Å². The number of ketones is 1. The summed E-state index contributed by atoms with van der Waals surface area (Å²) in [6.07, 6.45) is -0.832. The van der Waals surface area contributed by atoms with E-state index in [1.807, 2.05) is 0 Å².